The monoisotopic (exact) mass is 200 g/mol. The highest BCUT2D eigenvalue weighted by Gasteiger charge is 2.11. The van der Waals surface area contributed by atoms with E-state index in [1.807, 2.05) is 0 Å². The van der Waals surface area contributed by atoms with Crippen LogP contribution in [0.1, 0.15) is 12.0 Å². The van der Waals surface area contributed by atoms with Crippen LogP contribution in [-0.4, -0.2) is 21.3 Å². The summed E-state index contributed by atoms with van der Waals surface area (Å²) in [4.78, 5) is 10.2. The summed E-state index contributed by atoms with van der Waals surface area (Å²) in [6.45, 7) is 0. The van der Waals surface area contributed by atoms with Gasteiger partial charge in [0.05, 0.1) is 0 Å². The van der Waals surface area contributed by atoms with Crippen LogP contribution in [0.25, 0.3) is 0 Å². The molecule has 0 heterocycles. The number of phenols is 2. The van der Waals surface area contributed by atoms with Gasteiger partial charge in [-0.1, -0.05) is 6.07 Å². The molecule has 0 bridgehead atoms. The Morgan fingerprint density at radius 3 is 2.50 bits per heavy atom. The normalized spacial score (nSPS) is 10.1. The van der Waals surface area contributed by atoms with Gasteiger partial charge in [-0.3, -0.25) is 4.79 Å². The van der Waals surface area contributed by atoms with E-state index in [2.05, 4.69) is 0 Å². The first-order valence-corrected chi connectivity index (χ1v) is 3.93. The van der Waals surface area contributed by atoms with Crippen molar-refractivity contribution in [3.63, 3.8) is 0 Å². The molecule has 0 atom stereocenters. The van der Waals surface area contributed by atoms with Crippen molar-refractivity contribution in [2.24, 2.45) is 0 Å². The molecule has 0 saturated carbocycles. The molecule has 0 aliphatic carbocycles. The number of phenolic OH excluding ortho intramolecular Hbond substituents is 2. The van der Waals surface area contributed by atoms with Crippen LogP contribution in [-0.2, 0) is 11.2 Å². The van der Waals surface area contributed by atoms with Gasteiger partial charge < -0.3 is 15.3 Å². The smallest absolute Gasteiger partial charge is 0.303 e. The van der Waals surface area contributed by atoms with E-state index in [4.69, 9.17) is 10.2 Å². The summed E-state index contributed by atoms with van der Waals surface area (Å²) in [6, 6.07) is 2.22. The molecule has 0 spiro atoms. The number of halogens is 1. The Morgan fingerprint density at radius 2 is 1.93 bits per heavy atom. The molecule has 0 radical (unpaired) electrons. The number of aliphatic carboxylic acids is 1. The standard InChI is InChI=1S/C9H9FO4/c10-6-3-1-5(2-4-7(11)12)8(13)9(6)14/h1,3,13-14H,2,4H2,(H,11,12). The minimum atomic E-state index is -1.02. The third kappa shape index (κ3) is 2.12. The summed E-state index contributed by atoms with van der Waals surface area (Å²) in [5.41, 5.74) is 0.214. The van der Waals surface area contributed by atoms with Crippen LogP contribution in [0.2, 0.25) is 0 Å². The average Bonchev–Trinajstić information content (AvgIpc) is 2.13. The lowest BCUT2D eigenvalue weighted by molar-refractivity contribution is -0.136. The van der Waals surface area contributed by atoms with Gasteiger partial charge in [-0.25, -0.2) is 4.39 Å². The van der Waals surface area contributed by atoms with Gasteiger partial charge in [0.15, 0.2) is 17.3 Å². The second-order valence-electron chi connectivity index (χ2n) is 2.80. The molecule has 0 fully saturated rings. The van der Waals surface area contributed by atoms with Crippen molar-refractivity contribution < 1.29 is 24.5 Å². The van der Waals surface area contributed by atoms with E-state index in [-0.39, 0.29) is 18.4 Å². The zero-order valence-electron chi connectivity index (χ0n) is 7.20. The molecule has 0 aliphatic heterocycles. The first-order valence-electron chi connectivity index (χ1n) is 3.93. The Kier molecular flexibility index (Phi) is 2.91. The topological polar surface area (TPSA) is 77.8 Å². The highest BCUT2D eigenvalue weighted by Crippen LogP contribution is 2.31. The van der Waals surface area contributed by atoms with Crippen molar-refractivity contribution in [3.05, 3.63) is 23.5 Å². The third-order valence-electron chi connectivity index (χ3n) is 1.79. The molecule has 5 heteroatoms. The fourth-order valence-electron chi connectivity index (χ4n) is 1.04. The molecule has 1 rings (SSSR count). The van der Waals surface area contributed by atoms with Crippen molar-refractivity contribution in [1.29, 1.82) is 0 Å². The summed E-state index contributed by atoms with van der Waals surface area (Å²) in [6.07, 6.45) is -0.131. The Hall–Kier alpha value is -1.78. The van der Waals surface area contributed by atoms with E-state index in [1.165, 1.54) is 6.07 Å². The van der Waals surface area contributed by atoms with Gasteiger partial charge >= 0.3 is 5.97 Å². The number of hydrogen-bond acceptors (Lipinski definition) is 3. The zero-order chi connectivity index (χ0) is 10.7. The van der Waals surface area contributed by atoms with Gasteiger partial charge in [-0.2, -0.15) is 0 Å². The first-order chi connectivity index (χ1) is 6.52. The second-order valence-corrected chi connectivity index (χ2v) is 2.80. The molecular weight excluding hydrogens is 191 g/mol. The number of carboxylic acid groups (broad SMARTS) is 1. The summed E-state index contributed by atoms with van der Waals surface area (Å²) < 4.78 is 12.6. The van der Waals surface area contributed by atoms with Crippen LogP contribution in [0, 0.1) is 5.82 Å². The maximum atomic E-state index is 12.6. The molecular formula is C9H9FO4. The van der Waals surface area contributed by atoms with Crippen LogP contribution >= 0.6 is 0 Å². The number of aryl methyl sites for hydroxylation is 1. The number of aromatic hydroxyl groups is 2. The van der Waals surface area contributed by atoms with Crippen molar-refractivity contribution in [2.45, 2.75) is 12.8 Å². The zero-order valence-corrected chi connectivity index (χ0v) is 7.20. The summed E-state index contributed by atoms with van der Waals surface area (Å²) in [5, 5.41) is 26.6. The van der Waals surface area contributed by atoms with E-state index in [9.17, 15) is 14.3 Å². The SMILES string of the molecule is O=C(O)CCc1ccc(F)c(O)c1O. The lowest BCUT2D eigenvalue weighted by Crippen LogP contribution is -1.98. The van der Waals surface area contributed by atoms with Crippen molar-refractivity contribution in [3.8, 4) is 11.5 Å². The third-order valence-corrected chi connectivity index (χ3v) is 1.79. The van der Waals surface area contributed by atoms with Crippen molar-refractivity contribution in [2.75, 3.05) is 0 Å². The second kappa shape index (κ2) is 3.95. The maximum absolute atomic E-state index is 12.6. The average molecular weight is 200 g/mol. The fraction of sp³-hybridized carbons (Fsp3) is 0.222. The Morgan fingerprint density at radius 1 is 1.29 bits per heavy atom. The van der Waals surface area contributed by atoms with Gasteiger partial charge in [0.1, 0.15) is 0 Å². The largest absolute Gasteiger partial charge is 0.504 e. The molecule has 4 nitrogen and oxygen atoms in total. The minimum absolute atomic E-state index is 0.0506. The van der Waals surface area contributed by atoms with Gasteiger partial charge in [0, 0.05) is 6.42 Å². The molecule has 3 N–H and O–H groups in total. The number of carboxylic acids is 1. The Labute approximate surface area is 79.2 Å². The predicted octanol–water partition coefficient (Wildman–Crippen LogP) is 1.25. The van der Waals surface area contributed by atoms with E-state index in [0.29, 0.717) is 0 Å². The van der Waals surface area contributed by atoms with Crippen LogP contribution in [0.3, 0.4) is 0 Å². The van der Waals surface area contributed by atoms with Gasteiger partial charge in [0.25, 0.3) is 0 Å². The maximum Gasteiger partial charge on any atom is 0.303 e. The highest BCUT2D eigenvalue weighted by molar-refractivity contribution is 5.67. The molecule has 0 aromatic heterocycles. The lowest BCUT2D eigenvalue weighted by Gasteiger charge is -2.04. The van der Waals surface area contributed by atoms with E-state index in [0.717, 1.165) is 6.07 Å². The van der Waals surface area contributed by atoms with E-state index >= 15 is 0 Å². The van der Waals surface area contributed by atoms with Crippen LogP contribution in [0.5, 0.6) is 11.5 Å². The van der Waals surface area contributed by atoms with Gasteiger partial charge in [-0.15, -0.1) is 0 Å². The lowest BCUT2D eigenvalue weighted by atomic mass is 10.1. The minimum Gasteiger partial charge on any atom is -0.504 e. The van der Waals surface area contributed by atoms with Crippen molar-refractivity contribution >= 4 is 5.97 Å². The Balaban J connectivity index is 2.88. The fourth-order valence-corrected chi connectivity index (χ4v) is 1.04. The number of rotatable bonds is 3. The van der Waals surface area contributed by atoms with Gasteiger partial charge in [-0.05, 0) is 18.1 Å². The summed E-state index contributed by atoms with van der Waals surface area (Å²) in [7, 11) is 0. The van der Waals surface area contributed by atoms with Crippen LogP contribution in [0.15, 0.2) is 12.1 Å². The number of benzene rings is 1. The summed E-state index contributed by atoms with van der Waals surface area (Å²) >= 11 is 0. The number of hydrogen-bond donors (Lipinski definition) is 3. The Bertz CT molecular complexity index is 362. The molecule has 0 saturated heterocycles. The van der Waals surface area contributed by atoms with Gasteiger partial charge in [0.2, 0.25) is 0 Å². The number of carbonyl (C=O) groups is 1. The van der Waals surface area contributed by atoms with Crippen LogP contribution < -0.4 is 0 Å². The quantitative estimate of drug-likeness (QED) is 0.642. The molecule has 1 aromatic rings. The summed E-state index contributed by atoms with van der Waals surface area (Å²) in [5.74, 6) is -3.38. The molecule has 14 heavy (non-hydrogen) atoms. The molecule has 0 amide bonds. The molecule has 0 aliphatic rings. The van der Waals surface area contributed by atoms with E-state index in [1.54, 1.807) is 0 Å². The molecule has 76 valence electrons. The van der Waals surface area contributed by atoms with Crippen molar-refractivity contribution in [1.82, 2.24) is 0 Å². The highest BCUT2D eigenvalue weighted by atomic mass is 19.1. The first kappa shape index (κ1) is 10.3. The van der Waals surface area contributed by atoms with E-state index < -0.39 is 23.3 Å². The predicted molar refractivity (Wildman–Crippen MR) is 45.7 cm³/mol. The molecule has 1 aromatic carbocycles. The van der Waals surface area contributed by atoms with Crippen LogP contribution in [0.4, 0.5) is 4.39 Å². The molecule has 0 unspecified atom stereocenters.